The number of hydrogen-bond acceptors (Lipinski definition) is 4. The fourth-order valence-electron chi connectivity index (χ4n) is 3.46. The van der Waals surface area contributed by atoms with Crippen LogP contribution in [0.15, 0.2) is 48.0 Å². The van der Waals surface area contributed by atoms with Gasteiger partial charge in [-0.2, -0.15) is 0 Å². The van der Waals surface area contributed by atoms with E-state index in [1.807, 2.05) is 43.3 Å². The maximum atomic E-state index is 12.6. The van der Waals surface area contributed by atoms with Gasteiger partial charge < -0.3 is 9.47 Å². The zero-order valence-electron chi connectivity index (χ0n) is 18.0. The van der Waals surface area contributed by atoms with Gasteiger partial charge in [-0.15, -0.1) is 0 Å². The molecule has 30 heavy (non-hydrogen) atoms. The second-order valence-electron chi connectivity index (χ2n) is 8.01. The number of halogens is 1. The molecule has 0 aromatic heterocycles. The van der Waals surface area contributed by atoms with Gasteiger partial charge in [-0.05, 0) is 42.2 Å². The fraction of sp³-hybridized carbons (Fsp3) is 0.400. The first-order valence-corrected chi connectivity index (χ1v) is 10.9. The Morgan fingerprint density at radius 3 is 2.63 bits per heavy atom. The van der Waals surface area contributed by atoms with Crippen LogP contribution in [-0.4, -0.2) is 37.0 Å². The van der Waals surface area contributed by atoms with E-state index in [-0.39, 0.29) is 5.78 Å². The van der Waals surface area contributed by atoms with Crippen molar-refractivity contribution >= 4 is 23.5 Å². The first kappa shape index (κ1) is 22.4. The van der Waals surface area contributed by atoms with Gasteiger partial charge in [0.15, 0.2) is 17.3 Å². The molecule has 0 spiro atoms. The van der Waals surface area contributed by atoms with E-state index in [1.54, 1.807) is 0 Å². The van der Waals surface area contributed by atoms with E-state index < -0.39 is 0 Å². The highest BCUT2D eigenvalue weighted by Gasteiger charge is 2.22. The highest BCUT2D eigenvalue weighted by atomic mass is 35.5. The van der Waals surface area contributed by atoms with Gasteiger partial charge in [0.1, 0.15) is 0 Å². The predicted octanol–water partition coefficient (Wildman–Crippen LogP) is 5.63. The van der Waals surface area contributed by atoms with Crippen molar-refractivity contribution in [3.63, 3.8) is 0 Å². The van der Waals surface area contributed by atoms with Gasteiger partial charge in [-0.1, -0.05) is 55.8 Å². The first-order valence-electron chi connectivity index (χ1n) is 10.6. The minimum atomic E-state index is 0.188. The summed E-state index contributed by atoms with van der Waals surface area (Å²) in [6.45, 7) is 9.41. The lowest BCUT2D eigenvalue weighted by molar-refractivity contribution is -0.117. The summed E-state index contributed by atoms with van der Waals surface area (Å²) in [6.07, 6.45) is 2.46. The van der Waals surface area contributed by atoms with Crippen molar-refractivity contribution in [2.75, 3.05) is 26.3 Å². The number of ether oxygens (including phenoxy) is 2. The summed E-state index contributed by atoms with van der Waals surface area (Å²) in [4.78, 5) is 14.9. The highest BCUT2D eigenvalue weighted by Crippen LogP contribution is 2.37. The zero-order valence-corrected chi connectivity index (χ0v) is 18.7. The predicted molar refractivity (Wildman–Crippen MR) is 122 cm³/mol. The van der Waals surface area contributed by atoms with Crippen molar-refractivity contribution < 1.29 is 14.3 Å². The van der Waals surface area contributed by atoms with Crippen LogP contribution in [0.2, 0.25) is 5.02 Å². The molecule has 0 amide bonds. The standard InChI is InChI=1S/C25H30ClNO3/c1-4-29-24-14-20(13-22(26)25(24)30-17-18(2)3)12-21-16-27(11-10-23(21)28)15-19-8-6-5-7-9-19/h5-9,12-14,18H,4,10-11,15-17H2,1-3H3/b21-12+. The van der Waals surface area contributed by atoms with Crippen LogP contribution in [0.25, 0.3) is 6.08 Å². The summed E-state index contributed by atoms with van der Waals surface area (Å²) < 4.78 is 11.7. The second kappa shape index (κ2) is 10.6. The smallest absolute Gasteiger partial charge is 0.179 e. The molecular weight excluding hydrogens is 398 g/mol. The molecule has 2 aromatic rings. The number of piperidine rings is 1. The monoisotopic (exact) mass is 427 g/mol. The van der Waals surface area contributed by atoms with Gasteiger partial charge in [-0.3, -0.25) is 9.69 Å². The molecule has 1 aliphatic heterocycles. The normalized spacial score (nSPS) is 16.3. The lowest BCUT2D eigenvalue weighted by Crippen LogP contribution is -2.35. The van der Waals surface area contributed by atoms with E-state index in [2.05, 4.69) is 30.9 Å². The Morgan fingerprint density at radius 1 is 1.17 bits per heavy atom. The van der Waals surface area contributed by atoms with Crippen LogP contribution in [0, 0.1) is 5.92 Å². The first-order chi connectivity index (χ1) is 14.5. The van der Waals surface area contributed by atoms with Gasteiger partial charge in [0, 0.05) is 31.6 Å². The number of ketones is 1. The van der Waals surface area contributed by atoms with E-state index in [1.165, 1.54) is 5.56 Å². The maximum Gasteiger partial charge on any atom is 0.179 e. The van der Waals surface area contributed by atoms with Crippen LogP contribution in [-0.2, 0) is 11.3 Å². The molecule has 0 bridgehead atoms. The average Bonchev–Trinajstić information content (AvgIpc) is 2.71. The largest absolute Gasteiger partial charge is 0.490 e. The van der Waals surface area contributed by atoms with E-state index in [0.717, 1.165) is 24.2 Å². The summed E-state index contributed by atoms with van der Waals surface area (Å²) in [6, 6.07) is 14.1. The summed E-state index contributed by atoms with van der Waals surface area (Å²) >= 11 is 6.51. The lowest BCUT2D eigenvalue weighted by atomic mass is 9.99. The molecule has 0 atom stereocenters. The second-order valence-corrected chi connectivity index (χ2v) is 8.41. The van der Waals surface area contributed by atoms with Crippen LogP contribution >= 0.6 is 11.6 Å². The van der Waals surface area contributed by atoms with Crippen molar-refractivity contribution in [2.24, 2.45) is 5.92 Å². The number of likely N-dealkylation sites (tertiary alicyclic amines) is 1. The Morgan fingerprint density at radius 2 is 1.93 bits per heavy atom. The molecule has 1 fully saturated rings. The molecule has 5 heteroatoms. The molecule has 0 unspecified atom stereocenters. The third-order valence-corrected chi connectivity index (χ3v) is 5.17. The van der Waals surface area contributed by atoms with Gasteiger partial charge in [-0.25, -0.2) is 0 Å². The number of Topliss-reactive ketones (excluding diaryl/α,β-unsaturated/α-hetero) is 1. The fourth-order valence-corrected chi connectivity index (χ4v) is 3.73. The molecule has 4 nitrogen and oxygen atoms in total. The average molecular weight is 428 g/mol. The van der Waals surface area contributed by atoms with Crippen molar-refractivity contribution in [1.82, 2.24) is 4.90 Å². The van der Waals surface area contributed by atoms with E-state index >= 15 is 0 Å². The van der Waals surface area contributed by atoms with Gasteiger partial charge in [0.2, 0.25) is 0 Å². The summed E-state index contributed by atoms with van der Waals surface area (Å²) in [7, 11) is 0. The van der Waals surface area contributed by atoms with Gasteiger partial charge in [0.05, 0.1) is 18.2 Å². The molecule has 1 aliphatic rings. The van der Waals surface area contributed by atoms with Crippen molar-refractivity contribution in [1.29, 1.82) is 0 Å². The highest BCUT2D eigenvalue weighted by molar-refractivity contribution is 6.32. The third kappa shape index (κ3) is 6.10. The van der Waals surface area contributed by atoms with Crippen LogP contribution in [0.1, 0.15) is 38.3 Å². The van der Waals surface area contributed by atoms with Crippen LogP contribution in [0.5, 0.6) is 11.5 Å². The topological polar surface area (TPSA) is 38.8 Å². The molecular formula is C25H30ClNO3. The Bertz CT molecular complexity index is 893. The lowest BCUT2D eigenvalue weighted by Gasteiger charge is -2.28. The summed E-state index contributed by atoms with van der Waals surface area (Å²) in [5.74, 6) is 1.75. The van der Waals surface area contributed by atoms with Crippen molar-refractivity contribution in [3.8, 4) is 11.5 Å². The Hall–Kier alpha value is -2.30. The molecule has 0 saturated carbocycles. The molecule has 1 saturated heterocycles. The minimum absolute atomic E-state index is 0.188. The maximum absolute atomic E-state index is 12.6. The van der Waals surface area contributed by atoms with Crippen molar-refractivity contribution in [3.05, 3.63) is 64.2 Å². The SMILES string of the molecule is CCOc1cc(/C=C2\CN(Cc3ccccc3)CCC2=O)cc(Cl)c1OCC(C)C. The number of hydrogen-bond donors (Lipinski definition) is 0. The number of carbonyl (C=O) groups is 1. The van der Waals surface area contributed by atoms with Gasteiger partial charge in [0.25, 0.3) is 0 Å². The number of benzene rings is 2. The number of carbonyl (C=O) groups excluding carboxylic acids is 1. The molecule has 3 rings (SSSR count). The zero-order chi connectivity index (χ0) is 21.5. The van der Waals surface area contributed by atoms with E-state index in [4.69, 9.17) is 21.1 Å². The minimum Gasteiger partial charge on any atom is -0.490 e. The van der Waals surface area contributed by atoms with E-state index in [9.17, 15) is 4.79 Å². The Kier molecular flexibility index (Phi) is 7.94. The Labute approximate surface area is 184 Å². The number of rotatable bonds is 8. The van der Waals surface area contributed by atoms with Crippen molar-refractivity contribution in [2.45, 2.75) is 33.7 Å². The molecule has 0 aliphatic carbocycles. The van der Waals surface area contributed by atoms with Gasteiger partial charge >= 0.3 is 0 Å². The molecule has 0 radical (unpaired) electrons. The quantitative estimate of drug-likeness (QED) is 0.511. The summed E-state index contributed by atoms with van der Waals surface area (Å²) in [5, 5.41) is 0.498. The van der Waals surface area contributed by atoms with Crippen LogP contribution in [0.4, 0.5) is 0 Å². The van der Waals surface area contributed by atoms with E-state index in [0.29, 0.717) is 48.6 Å². The molecule has 0 N–H and O–H groups in total. The Balaban J connectivity index is 1.81. The van der Waals surface area contributed by atoms with Crippen LogP contribution in [0.3, 0.4) is 0 Å². The molecule has 2 aromatic carbocycles. The third-order valence-electron chi connectivity index (χ3n) is 4.89. The summed E-state index contributed by atoms with van der Waals surface area (Å²) in [5.41, 5.74) is 2.90. The van der Waals surface area contributed by atoms with Crippen LogP contribution < -0.4 is 9.47 Å². The number of nitrogens with zero attached hydrogens (tertiary/aromatic N) is 1. The molecule has 160 valence electrons. The molecule has 1 heterocycles.